The van der Waals surface area contributed by atoms with Gasteiger partial charge in [-0.3, -0.25) is 9.59 Å². The van der Waals surface area contributed by atoms with Crippen LogP contribution in [0.25, 0.3) is 0 Å². The molecule has 2 amide bonds. The lowest BCUT2D eigenvalue weighted by Gasteiger charge is -2.35. The predicted octanol–water partition coefficient (Wildman–Crippen LogP) is 0.510. The van der Waals surface area contributed by atoms with Gasteiger partial charge in [0.15, 0.2) is 0 Å². The summed E-state index contributed by atoms with van der Waals surface area (Å²) < 4.78 is 32.9. The van der Waals surface area contributed by atoms with Gasteiger partial charge in [-0.25, -0.2) is 8.42 Å². The highest BCUT2D eigenvalue weighted by atomic mass is 32.2. The fraction of sp³-hybridized carbons (Fsp3) is 0.684. The lowest BCUT2D eigenvalue weighted by Crippen LogP contribution is -2.49. The van der Waals surface area contributed by atoms with Crippen molar-refractivity contribution in [2.24, 2.45) is 5.92 Å². The zero-order valence-electron chi connectivity index (χ0n) is 16.5. The predicted molar refractivity (Wildman–Crippen MR) is 105 cm³/mol. The molecule has 0 radical (unpaired) electrons. The van der Waals surface area contributed by atoms with Crippen LogP contribution in [0.3, 0.4) is 0 Å². The maximum Gasteiger partial charge on any atom is 0.270 e. The first-order chi connectivity index (χ1) is 14.0. The molecule has 160 valence electrons. The number of morpholine rings is 1. The lowest BCUT2D eigenvalue weighted by atomic mass is 9.98. The van der Waals surface area contributed by atoms with Crippen molar-refractivity contribution >= 4 is 21.8 Å². The van der Waals surface area contributed by atoms with E-state index in [4.69, 9.17) is 4.74 Å². The molecular formula is C19H28N4O5S. The third kappa shape index (κ3) is 4.19. The van der Waals surface area contributed by atoms with Crippen LogP contribution in [0.4, 0.5) is 0 Å². The number of nitrogens with zero attached hydrogens (tertiary/aromatic N) is 3. The number of piperidine rings is 1. The van der Waals surface area contributed by atoms with Gasteiger partial charge in [0.1, 0.15) is 10.6 Å². The summed E-state index contributed by atoms with van der Waals surface area (Å²) in [5.41, 5.74) is 0.295. The Balaban J connectivity index is 1.45. The van der Waals surface area contributed by atoms with E-state index in [9.17, 15) is 18.0 Å². The molecule has 3 fully saturated rings. The van der Waals surface area contributed by atoms with Crippen LogP contribution in [-0.4, -0.2) is 91.8 Å². The van der Waals surface area contributed by atoms with E-state index in [1.807, 2.05) is 0 Å². The highest BCUT2D eigenvalue weighted by molar-refractivity contribution is 7.89. The second kappa shape index (κ2) is 8.45. The van der Waals surface area contributed by atoms with Gasteiger partial charge in [0.05, 0.1) is 19.1 Å². The largest absolute Gasteiger partial charge is 0.378 e. The number of hydrogen-bond acceptors (Lipinski definition) is 5. The van der Waals surface area contributed by atoms with Crippen molar-refractivity contribution in [2.75, 3.05) is 52.5 Å². The number of aromatic amines is 1. The van der Waals surface area contributed by atoms with Crippen LogP contribution in [0.15, 0.2) is 17.2 Å². The number of H-pyrrole nitrogens is 1. The van der Waals surface area contributed by atoms with Crippen molar-refractivity contribution in [1.29, 1.82) is 0 Å². The van der Waals surface area contributed by atoms with Crippen molar-refractivity contribution in [3.63, 3.8) is 0 Å². The summed E-state index contributed by atoms with van der Waals surface area (Å²) in [5, 5.41) is 0. The van der Waals surface area contributed by atoms with E-state index in [0.29, 0.717) is 64.5 Å². The van der Waals surface area contributed by atoms with E-state index in [1.165, 1.54) is 16.6 Å². The van der Waals surface area contributed by atoms with Crippen LogP contribution in [0, 0.1) is 5.92 Å². The molecule has 29 heavy (non-hydrogen) atoms. The molecule has 1 aromatic heterocycles. The third-order valence-corrected chi connectivity index (χ3v) is 7.82. The van der Waals surface area contributed by atoms with Crippen molar-refractivity contribution < 1.29 is 22.7 Å². The Labute approximate surface area is 171 Å². The number of amides is 2. The Morgan fingerprint density at radius 1 is 1.00 bits per heavy atom. The molecule has 10 heteroatoms. The van der Waals surface area contributed by atoms with E-state index in [-0.39, 0.29) is 29.2 Å². The number of rotatable bonds is 4. The fourth-order valence-electron chi connectivity index (χ4n) is 4.29. The summed E-state index contributed by atoms with van der Waals surface area (Å²) in [6.07, 6.45) is 4.66. The molecule has 0 aromatic carbocycles. The summed E-state index contributed by atoms with van der Waals surface area (Å²) >= 11 is 0. The highest BCUT2D eigenvalue weighted by Gasteiger charge is 2.36. The van der Waals surface area contributed by atoms with E-state index in [0.717, 1.165) is 12.8 Å². The summed E-state index contributed by atoms with van der Waals surface area (Å²) in [4.78, 5) is 31.7. The molecule has 0 unspecified atom stereocenters. The third-order valence-electron chi connectivity index (χ3n) is 5.97. The van der Waals surface area contributed by atoms with Crippen molar-refractivity contribution in [2.45, 2.75) is 30.6 Å². The number of carbonyl (C=O) groups excluding carboxylic acids is 2. The van der Waals surface area contributed by atoms with Gasteiger partial charge in [-0.2, -0.15) is 4.31 Å². The first-order valence-electron chi connectivity index (χ1n) is 10.3. The average molecular weight is 425 g/mol. The van der Waals surface area contributed by atoms with E-state index in [1.54, 1.807) is 9.80 Å². The molecule has 3 aliphatic heterocycles. The van der Waals surface area contributed by atoms with Crippen LogP contribution >= 0.6 is 0 Å². The quantitative estimate of drug-likeness (QED) is 0.759. The lowest BCUT2D eigenvalue weighted by molar-refractivity contribution is -0.140. The van der Waals surface area contributed by atoms with Gasteiger partial charge in [-0.15, -0.1) is 0 Å². The Morgan fingerprint density at radius 2 is 1.72 bits per heavy atom. The molecule has 3 saturated heterocycles. The summed E-state index contributed by atoms with van der Waals surface area (Å²) in [7, 11) is -3.76. The zero-order valence-corrected chi connectivity index (χ0v) is 17.3. The SMILES string of the molecule is O=C(c1cc(S(=O)(=O)N2CCC[C@@H](C(=O)N3CCOCC3)C2)c[nH]1)N1CCCC1. The van der Waals surface area contributed by atoms with Crippen molar-refractivity contribution in [1.82, 2.24) is 19.1 Å². The highest BCUT2D eigenvalue weighted by Crippen LogP contribution is 2.26. The average Bonchev–Trinajstić information content (AvgIpc) is 3.46. The number of aromatic nitrogens is 1. The van der Waals surface area contributed by atoms with Crippen molar-refractivity contribution in [3.05, 3.63) is 18.0 Å². The first kappa shape index (κ1) is 20.4. The molecule has 0 spiro atoms. The summed E-state index contributed by atoms with van der Waals surface area (Å²) in [6.45, 7) is 4.14. The number of ether oxygens (including phenoxy) is 1. The molecule has 9 nitrogen and oxygen atoms in total. The van der Waals surface area contributed by atoms with Gasteiger partial charge in [-0.1, -0.05) is 0 Å². The molecule has 1 N–H and O–H groups in total. The molecule has 3 aliphatic rings. The summed E-state index contributed by atoms with van der Waals surface area (Å²) in [5.74, 6) is -0.489. The normalized spacial score (nSPS) is 24.1. The number of likely N-dealkylation sites (tertiary alicyclic amines) is 1. The second-order valence-electron chi connectivity index (χ2n) is 7.89. The van der Waals surface area contributed by atoms with Gasteiger partial charge in [-0.05, 0) is 31.7 Å². The molecular weight excluding hydrogens is 396 g/mol. The second-order valence-corrected chi connectivity index (χ2v) is 9.83. The van der Waals surface area contributed by atoms with Crippen LogP contribution in [0.1, 0.15) is 36.2 Å². The fourth-order valence-corrected chi connectivity index (χ4v) is 5.81. The number of hydrogen-bond donors (Lipinski definition) is 1. The zero-order chi connectivity index (χ0) is 20.4. The maximum absolute atomic E-state index is 13.1. The molecule has 1 aromatic rings. The van der Waals surface area contributed by atoms with Crippen LogP contribution in [-0.2, 0) is 19.6 Å². The first-order valence-corrected chi connectivity index (χ1v) is 11.8. The molecule has 0 bridgehead atoms. The Morgan fingerprint density at radius 3 is 2.45 bits per heavy atom. The monoisotopic (exact) mass is 424 g/mol. The minimum absolute atomic E-state index is 0.00664. The van der Waals surface area contributed by atoms with E-state index >= 15 is 0 Å². The number of carbonyl (C=O) groups is 2. The molecule has 0 saturated carbocycles. The smallest absolute Gasteiger partial charge is 0.270 e. The molecule has 4 rings (SSSR count). The minimum Gasteiger partial charge on any atom is -0.378 e. The molecule has 0 aliphatic carbocycles. The maximum atomic E-state index is 13.1. The minimum atomic E-state index is -3.76. The standard InChI is InChI=1S/C19H28N4O5S/c24-18(22-8-10-28-11-9-22)15-4-3-7-23(14-15)29(26,27)16-12-17(20-13-16)19(25)21-5-1-2-6-21/h12-13,15,20H,1-11,14H2/t15-/m1/s1. The van der Waals surface area contributed by atoms with Gasteiger partial charge in [0.2, 0.25) is 15.9 Å². The Bertz CT molecular complexity index is 856. The van der Waals surface area contributed by atoms with Gasteiger partial charge < -0.3 is 19.5 Å². The van der Waals surface area contributed by atoms with Gasteiger partial charge in [0, 0.05) is 45.5 Å². The van der Waals surface area contributed by atoms with Gasteiger partial charge >= 0.3 is 0 Å². The van der Waals surface area contributed by atoms with Crippen LogP contribution in [0.2, 0.25) is 0 Å². The Kier molecular flexibility index (Phi) is 5.93. The van der Waals surface area contributed by atoms with Gasteiger partial charge in [0.25, 0.3) is 5.91 Å². The van der Waals surface area contributed by atoms with E-state index in [2.05, 4.69) is 4.98 Å². The molecule has 4 heterocycles. The van der Waals surface area contributed by atoms with E-state index < -0.39 is 10.0 Å². The number of nitrogens with one attached hydrogen (secondary N) is 1. The molecule has 1 atom stereocenters. The number of sulfonamides is 1. The van der Waals surface area contributed by atoms with Crippen LogP contribution in [0.5, 0.6) is 0 Å². The van der Waals surface area contributed by atoms with Crippen LogP contribution < -0.4 is 0 Å². The topological polar surface area (TPSA) is 103 Å². The van der Waals surface area contributed by atoms with Crippen molar-refractivity contribution in [3.8, 4) is 0 Å². The summed E-state index contributed by atoms with van der Waals surface area (Å²) in [6, 6.07) is 1.42. The Hall–Kier alpha value is -1.91.